The minimum Gasteiger partial charge on any atom is -0.455 e. The zero-order valence-corrected chi connectivity index (χ0v) is 35.9. The number of amides is 1. The van der Waals surface area contributed by atoms with Crippen molar-refractivity contribution in [3.8, 4) is 11.5 Å². The lowest BCUT2D eigenvalue weighted by molar-refractivity contribution is -0.384. The number of nitrogens with zero attached hydrogens (tertiary/aromatic N) is 5. The van der Waals surface area contributed by atoms with Crippen LogP contribution in [0.2, 0.25) is 0 Å². The summed E-state index contributed by atoms with van der Waals surface area (Å²) in [6, 6.07) is 19.5. The number of morpholine rings is 1. The van der Waals surface area contributed by atoms with E-state index in [1.165, 1.54) is 30.2 Å². The van der Waals surface area contributed by atoms with Crippen LogP contribution in [0.25, 0.3) is 11.0 Å². The Balaban J connectivity index is 0.843. The number of carbonyl (C=O) groups is 1. The van der Waals surface area contributed by atoms with E-state index in [1.54, 1.807) is 24.4 Å². The molecule has 5 fully saturated rings. The number of aromatic nitrogens is 3. The number of sulfonamides is 1. The number of rotatable bonds is 13. The predicted molar refractivity (Wildman–Crippen MR) is 236 cm³/mol. The number of H-pyrrole nitrogens is 1. The molecule has 2 aliphatic carbocycles. The summed E-state index contributed by atoms with van der Waals surface area (Å²) in [5.74, 6) is 0.416. The third-order valence-corrected chi connectivity index (χ3v) is 15.1. The smallest absolute Gasteiger partial charge is 0.312 e. The molecule has 2 aromatic carbocycles. The number of anilines is 2. The van der Waals surface area contributed by atoms with Crippen LogP contribution in [-0.2, 0) is 19.5 Å². The van der Waals surface area contributed by atoms with Crippen LogP contribution in [0.1, 0.15) is 84.8 Å². The minimum atomic E-state index is -4.61. The van der Waals surface area contributed by atoms with Crippen LogP contribution in [0.3, 0.4) is 0 Å². The lowest BCUT2D eigenvalue weighted by Gasteiger charge is -2.57. The largest absolute Gasteiger partial charge is 0.455 e. The molecule has 5 aliphatic rings. The van der Waals surface area contributed by atoms with Gasteiger partial charge >= 0.3 is 5.69 Å². The summed E-state index contributed by atoms with van der Waals surface area (Å²) in [4.78, 5) is 41.4. The number of benzene rings is 2. The second-order valence-electron chi connectivity index (χ2n) is 17.8. The highest BCUT2D eigenvalue weighted by Gasteiger charge is 2.50. The van der Waals surface area contributed by atoms with Crippen LogP contribution in [0.15, 0.2) is 84.1 Å². The highest BCUT2D eigenvalue weighted by Crippen LogP contribution is 2.54. The molecule has 5 aromatic rings. The number of nitrogens with one attached hydrogen (secondary N) is 3. The molecule has 1 spiro atoms. The third kappa shape index (κ3) is 8.71. The molecule has 0 radical (unpaired) electrons. The molecule has 1 atom stereocenters. The first-order chi connectivity index (χ1) is 30.6. The highest BCUT2D eigenvalue weighted by atomic mass is 32.2. The van der Waals surface area contributed by atoms with Crippen molar-refractivity contribution in [2.75, 3.05) is 62.8 Å². The average molecular weight is 877 g/mol. The molecule has 3 saturated heterocycles. The molecule has 330 valence electrons. The molecule has 1 amide bonds. The van der Waals surface area contributed by atoms with Gasteiger partial charge in [0.05, 0.1) is 42.1 Å². The normalized spacial score (nSPS) is 21.0. The molecule has 10 rings (SSSR count). The molecule has 63 heavy (non-hydrogen) atoms. The van der Waals surface area contributed by atoms with Crippen molar-refractivity contribution < 1.29 is 32.3 Å². The maximum Gasteiger partial charge on any atom is 0.312 e. The van der Waals surface area contributed by atoms with Gasteiger partial charge in [-0.1, -0.05) is 24.3 Å². The summed E-state index contributed by atoms with van der Waals surface area (Å²) in [6.45, 7) is 5.75. The maximum atomic E-state index is 13.9. The SMILES string of the molecule is O=C(NS(=O)(=O)c1cnc(NCC2CCOCC2)c([N+](=O)[O-])c1)c1ccc(N2CCC3(CC2)CC(N2CCOC[C@H]2c2ccccc2C2CC2)C3)cc1Oc1cnc2[nH]ccc2c1. The molecule has 6 heterocycles. The summed E-state index contributed by atoms with van der Waals surface area (Å²) in [5.41, 5.74) is 4.18. The first kappa shape index (κ1) is 41.4. The Morgan fingerprint density at radius 1 is 0.937 bits per heavy atom. The van der Waals surface area contributed by atoms with Crippen LogP contribution in [0, 0.1) is 21.4 Å². The number of carbonyl (C=O) groups excluding carboxylic acids is 1. The summed E-state index contributed by atoms with van der Waals surface area (Å²) >= 11 is 0. The Hall–Kier alpha value is -5.62. The standard InChI is InChI=1S/C46H52N8O8S/c55-45(51-63(58,59)36-23-40(54(56)57)44(50-28-36)48-26-30-10-18-60-19-11-30)39-8-7-33(22-42(39)62-35-21-32-9-14-47-43(32)49-27-35)52-15-12-46(13-16-52)24-34(25-46)53-17-20-61-29-41(53)38-4-2-1-3-37(38)31-5-6-31/h1-4,7-9,14,21-23,27-28,30-31,34,41H,5-6,10-13,15-20,24-26,29H2,(H,47,49)(H,48,50)(H,51,55)/t41-/m0/s1. The molecule has 2 saturated carbocycles. The number of ether oxygens (including phenoxy) is 3. The number of aromatic amines is 1. The zero-order valence-electron chi connectivity index (χ0n) is 35.0. The second-order valence-corrected chi connectivity index (χ2v) is 19.5. The minimum absolute atomic E-state index is 0.0349. The van der Waals surface area contributed by atoms with Gasteiger partial charge in [-0.2, -0.15) is 0 Å². The topological polar surface area (TPSA) is 194 Å². The monoisotopic (exact) mass is 876 g/mol. The zero-order chi connectivity index (χ0) is 43.1. The highest BCUT2D eigenvalue weighted by molar-refractivity contribution is 7.90. The second kappa shape index (κ2) is 17.2. The fourth-order valence-corrected chi connectivity index (χ4v) is 11.0. The van der Waals surface area contributed by atoms with E-state index >= 15 is 0 Å². The van der Waals surface area contributed by atoms with Crippen molar-refractivity contribution in [3.63, 3.8) is 0 Å². The van der Waals surface area contributed by atoms with Crippen LogP contribution in [0.4, 0.5) is 17.2 Å². The third-order valence-electron chi connectivity index (χ3n) is 13.8. The number of hydrogen-bond acceptors (Lipinski definition) is 13. The molecule has 3 aliphatic heterocycles. The Bertz CT molecular complexity index is 2610. The number of nitro groups is 1. The van der Waals surface area contributed by atoms with E-state index in [4.69, 9.17) is 14.2 Å². The fraction of sp³-hybridized carbons (Fsp3) is 0.457. The van der Waals surface area contributed by atoms with Crippen molar-refractivity contribution in [2.45, 2.75) is 74.3 Å². The van der Waals surface area contributed by atoms with Gasteiger partial charge in [0.1, 0.15) is 22.0 Å². The molecular weight excluding hydrogens is 825 g/mol. The number of piperidine rings is 1. The van der Waals surface area contributed by atoms with Crippen LogP contribution >= 0.6 is 0 Å². The molecule has 0 bridgehead atoms. The summed E-state index contributed by atoms with van der Waals surface area (Å²) in [7, 11) is -4.61. The van der Waals surface area contributed by atoms with Crippen molar-refractivity contribution in [2.24, 2.45) is 11.3 Å². The summed E-state index contributed by atoms with van der Waals surface area (Å²) < 4.78 is 47.2. The number of hydrogen-bond donors (Lipinski definition) is 3. The van der Waals surface area contributed by atoms with Crippen LogP contribution < -0.4 is 19.7 Å². The van der Waals surface area contributed by atoms with Gasteiger partial charge in [-0.05, 0) is 104 Å². The van der Waals surface area contributed by atoms with Gasteiger partial charge in [-0.3, -0.25) is 19.8 Å². The number of pyridine rings is 2. The lowest BCUT2D eigenvalue weighted by Crippen LogP contribution is -2.58. The van der Waals surface area contributed by atoms with E-state index < -0.39 is 31.4 Å². The Morgan fingerprint density at radius 3 is 2.51 bits per heavy atom. The van der Waals surface area contributed by atoms with Gasteiger partial charge in [0, 0.05) is 74.8 Å². The van der Waals surface area contributed by atoms with Crippen LogP contribution in [0.5, 0.6) is 11.5 Å². The average Bonchev–Trinajstić information content (AvgIpc) is 4.04. The van der Waals surface area contributed by atoms with Crippen molar-refractivity contribution in [1.29, 1.82) is 0 Å². The van der Waals surface area contributed by atoms with Gasteiger partial charge in [-0.25, -0.2) is 23.1 Å². The van der Waals surface area contributed by atoms with E-state index in [2.05, 4.69) is 59.1 Å². The van der Waals surface area contributed by atoms with Gasteiger partial charge in [0.15, 0.2) is 0 Å². The first-order valence-electron chi connectivity index (χ1n) is 22.1. The summed E-state index contributed by atoms with van der Waals surface area (Å²) in [6.07, 6.45) is 12.8. The van der Waals surface area contributed by atoms with Gasteiger partial charge < -0.3 is 29.4 Å². The Labute approximate surface area is 365 Å². The quantitative estimate of drug-likeness (QED) is 0.0788. The Morgan fingerprint density at radius 2 is 1.73 bits per heavy atom. The van der Waals surface area contributed by atoms with Gasteiger partial charge in [-0.15, -0.1) is 0 Å². The lowest BCUT2D eigenvalue weighted by atomic mass is 9.59. The van der Waals surface area contributed by atoms with Crippen molar-refractivity contribution in [3.05, 3.63) is 106 Å². The number of fused-ring (bicyclic) bond motifs is 1. The van der Waals surface area contributed by atoms with Crippen molar-refractivity contribution in [1.82, 2.24) is 24.6 Å². The van der Waals surface area contributed by atoms with E-state index in [0.29, 0.717) is 49.2 Å². The molecule has 3 aromatic heterocycles. The van der Waals surface area contributed by atoms with Gasteiger partial charge in [0.2, 0.25) is 5.82 Å². The fourth-order valence-electron chi connectivity index (χ4n) is 10.1. The predicted octanol–water partition coefficient (Wildman–Crippen LogP) is 7.32. The maximum absolute atomic E-state index is 13.9. The van der Waals surface area contributed by atoms with E-state index in [9.17, 15) is 23.3 Å². The Kier molecular flexibility index (Phi) is 11.3. The molecule has 16 nitrogen and oxygen atoms in total. The molecule has 0 unspecified atom stereocenters. The van der Waals surface area contributed by atoms with E-state index in [0.717, 1.165) is 94.7 Å². The van der Waals surface area contributed by atoms with E-state index in [1.807, 2.05) is 12.1 Å². The van der Waals surface area contributed by atoms with E-state index in [-0.39, 0.29) is 28.5 Å². The first-order valence-corrected chi connectivity index (χ1v) is 23.6. The molecule has 3 N–H and O–H groups in total. The molecule has 17 heteroatoms. The van der Waals surface area contributed by atoms with Crippen LogP contribution in [-0.4, -0.2) is 97.7 Å². The van der Waals surface area contributed by atoms with Gasteiger partial charge in [0.25, 0.3) is 15.9 Å². The molecular formula is C46H52N8O8S. The van der Waals surface area contributed by atoms with Crippen molar-refractivity contribution >= 4 is 44.2 Å². The summed E-state index contributed by atoms with van der Waals surface area (Å²) in [5, 5.41) is 15.9.